The Balaban J connectivity index is 1.34. The lowest BCUT2D eigenvalue weighted by Gasteiger charge is -2.03. The van der Waals surface area contributed by atoms with E-state index in [0.717, 1.165) is 30.5 Å². The van der Waals surface area contributed by atoms with Crippen molar-refractivity contribution in [3.8, 4) is 0 Å². The summed E-state index contributed by atoms with van der Waals surface area (Å²) in [5.74, 6) is 4.80. The Morgan fingerprint density at radius 2 is 2.00 bits per heavy atom. The highest BCUT2D eigenvalue weighted by Crippen LogP contribution is 2.47. The molecule has 2 unspecified atom stereocenters. The molecule has 0 radical (unpaired) electrons. The van der Waals surface area contributed by atoms with Crippen molar-refractivity contribution in [3.05, 3.63) is 54.0 Å². The summed E-state index contributed by atoms with van der Waals surface area (Å²) in [6, 6.07) is 14.8. The van der Waals surface area contributed by atoms with Crippen molar-refractivity contribution < 1.29 is 4.42 Å². The molecule has 0 spiro atoms. The summed E-state index contributed by atoms with van der Waals surface area (Å²) in [6.07, 6.45) is 1.29. The van der Waals surface area contributed by atoms with Crippen LogP contribution in [-0.2, 0) is 6.54 Å². The minimum Gasteiger partial charge on any atom is -0.464 e. The van der Waals surface area contributed by atoms with Gasteiger partial charge in [0.2, 0.25) is 0 Å². The van der Waals surface area contributed by atoms with Crippen LogP contribution in [-0.4, -0.2) is 12.3 Å². The monoisotopic (exact) mass is 287 g/mol. The Morgan fingerprint density at radius 1 is 1.20 bits per heavy atom. The van der Waals surface area contributed by atoms with Gasteiger partial charge in [0.05, 0.1) is 6.54 Å². The van der Waals surface area contributed by atoms with Gasteiger partial charge >= 0.3 is 0 Å². The van der Waals surface area contributed by atoms with E-state index in [1.807, 2.05) is 11.8 Å². The second kappa shape index (κ2) is 6.51. The lowest BCUT2D eigenvalue weighted by molar-refractivity contribution is 0.447. The zero-order valence-electron chi connectivity index (χ0n) is 11.8. The van der Waals surface area contributed by atoms with Gasteiger partial charge in [-0.25, -0.2) is 0 Å². The zero-order chi connectivity index (χ0) is 13.8. The van der Waals surface area contributed by atoms with E-state index in [0.29, 0.717) is 5.92 Å². The van der Waals surface area contributed by atoms with Crippen LogP contribution in [0.5, 0.6) is 0 Å². The number of furan rings is 1. The summed E-state index contributed by atoms with van der Waals surface area (Å²) in [6.45, 7) is 4.11. The third-order valence-corrected chi connectivity index (χ3v) is 4.76. The Hall–Kier alpha value is -1.19. The van der Waals surface area contributed by atoms with Crippen molar-refractivity contribution in [1.29, 1.82) is 0 Å². The van der Waals surface area contributed by atoms with Crippen LogP contribution >= 0.6 is 11.8 Å². The molecule has 2 aromatic rings. The molecule has 0 aliphatic heterocycles. The van der Waals surface area contributed by atoms with Crippen LogP contribution in [0.4, 0.5) is 0 Å². The number of thioether (sulfide) groups is 1. The molecular weight excluding hydrogens is 266 g/mol. The largest absolute Gasteiger partial charge is 0.464 e. The second-order valence-corrected chi connectivity index (χ2v) is 6.63. The maximum atomic E-state index is 5.87. The number of hydrogen-bond acceptors (Lipinski definition) is 3. The van der Waals surface area contributed by atoms with Crippen LogP contribution in [0.15, 0.2) is 51.8 Å². The first-order valence-electron chi connectivity index (χ1n) is 7.30. The third-order valence-electron chi connectivity index (χ3n) is 3.75. The summed E-state index contributed by atoms with van der Waals surface area (Å²) < 4.78 is 5.87. The van der Waals surface area contributed by atoms with Crippen molar-refractivity contribution in [3.63, 3.8) is 0 Å². The van der Waals surface area contributed by atoms with Crippen LogP contribution in [0.2, 0.25) is 0 Å². The smallest absolute Gasteiger partial charge is 0.117 e. The van der Waals surface area contributed by atoms with Gasteiger partial charge in [-0.15, -0.1) is 11.8 Å². The minimum absolute atomic E-state index is 0.678. The van der Waals surface area contributed by atoms with Crippen LogP contribution in [0.25, 0.3) is 0 Å². The number of hydrogen-bond donors (Lipinski definition) is 1. The summed E-state index contributed by atoms with van der Waals surface area (Å²) in [7, 11) is 0. The Morgan fingerprint density at radius 3 is 2.75 bits per heavy atom. The van der Waals surface area contributed by atoms with Gasteiger partial charge in [0, 0.05) is 23.1 Å². The molecule has 1 aliphatic carbocycles. The SMILES string of the molecule is CC1CC1c1ccc(CNCCSc2ccccc2)o1. The van der Waals surface area contributed by atoms with Crippen LogP contribution in [0.1, 0.15) is 30.8 Å². The van der Waals surface area contributed by atoms with Gasteiger partial charge in [0.15, 0.2) is 0 Å². The molecule has 0 bridgehead atoms. The molecule has 1 aromatic heterocycles. The first-order valence-corrected chi connectivity index (χ1v) is 8.28. The quantitative estimate of drug-likeness (QED) is 0.607. The molecule has 106 valence electrons. The summed E-state index contributed by atoms with van der Waals surface area (Å²) in [4.78, 5) is 1.33. The maximum Gasteiger partial charge on any atom is 0.117 e. The van der Waals surface area contributed by atoms with Gasteiger partial charge in [-0.05, 0) is 36.6 Å². The summed E-state index contributed by atoms with van der Waals surface area (Å²) in [5.41, 5.74) is 0. The fourth-order valence-electron chi connectivity index (χ4n) is 2.38. The van der Waals surface area contributed by atoms with E-state index in [2.05, 4.69) is 54.7 Å². The Labute approximate surface area is 125 Å². The van der Waals surface area contributed by atoms with Crippen molar-refractivity contribution in [1.82, 2.24) is 5.32 Å². The zero-order valence-corrected chi connectivity index (χ0v) is 12.7. The lowest BCUT2D eigenvalue weighted by atomic mass is 10.3. The molecule has 1 heterocycles. The number of rotatable bonds is 7. The average Bonchev–Trinajstić information content (AvgIpc) is 3.01. The molecule has 3 heteroatoms. The van der Waals surface area contributed by atoms with Crippen LogP contribution in [0.3, 0.4) is 0 Å². The molecule has 20 heavy (non-hydrogen) atoms. The predicted octanol–water partition coefficient (Wildman–Crippen LogP) is 4.28. The van der Waals surface area contributed by atoms with E-state index >= 15 is 0 Å². The van der Waals surface area contributed by atoms with Gasteiger partial charge in [0.25, 0.3) is 0 Å². The molecular formula is C17H21NOS. The second-order valence-electron chi connectivity index (χ2n) is 5.46. The van der Waals surface area contributed by atoms with Crippen molar-refractivity contribution in [2.24, 2.45) is 5.92 Å². The molecule has 3 rings (SSSR count). The summed E-state index contributed by atoms with van der Waals surface area (Å²) >= 11 is 1.88. The molecule has 1 saturated carbocycles. The molecule has 2 atom stereocenters. The topological polar surface area (TPSA) is 25.2 Å². The lowest BCUT2D eigenvalue weighted by Crippen LogP contribution is -2.16. The standard InChI is InChI=1S/C17H21NOS/c1-13-11-16(13)17-8-7-14(19-17)12-18-9-10-20-15-5-3-2-4-6-15/h2-8,13,16,18H,9-12H2,1H3. The molecule has 0 saturated heterocycles. The molecule has 2 nitrogen and oxygen atoms in total. The van der Waals surface area contributed by atoms with Gasteiger partial charge in [-0.3, -0.25) is 0 Å². The Bertz CT molecular complexity index is 537. The van der Waals surface area contributed by atoms with E-state index < -0.39 is 0 Å². The van der Waals surface area contributed by atoms with Crippen molar-refractivity contribution >= 4 is 11.8 Å². The van der Waals surface area contributed by atoms with E-state index in [9.17, 15) is 0 Å². The fraction of sp³-hybridized carbons (Fsp3) is 0.412. The van der Waals surface area contributed by atoms with Crippen molar-refractivity contribution in [2.75, 3.05) is 12.3 Å². The minimum atomic E-state index is 0.678. The van der Waals surface area contributed by atoms with E-state index in [1.165, 1.54) is 17.1 Å². The number of benzene rings is 1. The number of nitrogens with one attached hydrogen (secondary N) is 1. The average molecular weight is 287 g/mol. The van der Waals surface area contributed by atoms with E-state index in [4.69, 9.17) is 4.42 Å². The van der Waals surface area contributed by atoms with Crippen LogP contribution in [0, 0.1) is 5.92 Å². The highest BCUT2D eigenvalue weighted by molar-refractivity contribution is 7.99. The summed E-state index contributed by atoms with van der Waals surface area (Å²) in [5, 5.41) is 3.44. The van der Waals surface area contributed by atoms with Gasteiger partial charge < -0.3 is 9.73 Å². The highest BCUT2D eigenvalue weighted by atomic mass is 32.2. The first kappa shape index (κ1) is 13.8. The molecule has 1 fully saturated rings. The van der Waals surface area contributed by atoms with E-state index in [1.54, 1.807) is 0 Å². The highest BCUT2D eigenvalue weighted by Gasteiger charge is 2.36. The Kier molecular flexibility index (Phi) is 4.48. The molecule has 1 N–H and O–H groups in total. The normalized spacial score (nSPS) is 21.1. The molecule has 1 aliphatic rings. The fourth-order valence-corrected chi connectivity index (χ4v) is 3.21. The first-order chi connectivity index (χ1) is 9.83. The van der Waals surface area contributed by atoms with E-state index in [-0.39, 0.29) is 0 Å². The maximum absolute atomic E-state index is 5.87. The van der Waals surface area contributed by atoms with Crippen LogP contribution < -0.4 is 5.32 Å². The molecule has 0 amide bonds. The van der Waals surface area contributed by atoms with Gasteiger partial charge in [0.1, 0.15) is 11.5 Å². The third kappa shape index (κ3) is 3.68. The molecule has 1 aromatic carbocycles. The van der Waals surface area contributed by atoms with Gasteiger partial charge in [-0.1, -0.05) is 25.1 Å². The predicted molar refractivity (Wildman–Crippen MR) is 84.1 cm³/mol. The van der Waals surface area contributed by atoms with Gasteiger partial charge in [-0.2, -0.15) is 0 Å². The van der Waals surface area contributed by atoms with Crippen molar-refractivity contribution in [2.45, 2.75) is 30.7 Å².